The molecule has 0 radical (unpaired) electrons. The third kappa shape index (κ3) is 1.99. The van der Waals surface area contributed by atoms with Crippen molar-refractivity contribution in [2.75, 3.05) is 0 Å². The van der Waals surface area contributed by atoms with Gasteiger partial charge in [0, 0.05) is 5.02 Å². The number of aromatic nitrogens is 2. The first-order chi connectivity index (χ1) is 9.60. The molecule has 3 aromatic rings. The van der Waals surface area contributed by atoms with Crippen molar-refractivity contribution in [2.24, 2.45) is 0 Å². The lowest BCUT2D eigenvalue weighted by Crippen LogP contribution is -1.97. The van der Waals surface area contributed by atoms with E-state index in [1.807, 2.05) is 0 Å². The Hall–Kier alpha value is -2.16. The van der Waals surface area contributed by atoms with Crippen molar-refractivity contribution in [3.63, 3.8) is 0 Å². The largest absolute Gasteiger partial charge is 0.330 e. The summed E-state index contributed by atoms with van der Waals surface area (Å²) in [7, 11) is 0. The number of benzene rings is 2. The molecule has 0 bridgehead atoms. The van der Waals surface area contributed by atoms with E-state index in [0.29, 0.717) is 32.1 Å². The molecule has 0 aliphatic rings. The second kappa shape index (κ2) is 4.75. The first-order valence-corrected chi connectivity index (χ1v) is 6.49. The molecule has 0 spiro atoms. The van der Waals surface area contributed by atoms with Gasteiger partial charge >= 0.3 is 0 Å². The molecule has 0 aliphatic heterocycles. The Morgan fingerprint density at radius 1 is 1.25 bits per heavy atom. The first kappa shape index (κ1) is 12.9. The van der Waals surface area contributed by atoms with Crippen LogP contribution < -0.4 is 0 Å². The summed E-state index contributed by atoms with van der Waals surface area (Å²) in [5.41, 5.74) is 2.27. The van der Waals surface area contributed by atoms with Crippen molar-refractivity contribution >= 4 is 34.9 Å². The lowest BCUT2D eigenvalue weighted by atomic mass is 10.2. The van der Waals surface area contributed by atoms with Gasteiger partial charge in [0.05, 0.1) is 22.3 Å². The van der Waals surface area contributed by atoms with Crippen molar-refractivity contribution in [1.29, 1.82) is 5.26 Å². The SMILES string of the molecule is N#Cc1ccc(Cl)cc1-n1c(=S)[nH]c2cc(F)ccc21. The number of aromatic amines is 1. The van der Waals surface area contributed by atoms with Gasteiger partial charge in [-0.3, -0.25) is 4.57 Å². The van der Waals surface area contributed by atoms with Crippen LogP contribution in [0.25, 0.3) is 16.7 Å². The summed E-state index contributed by atoms with van der Waals surface area (Å²) < 4.78 is 15.3. The summed E-state index contributed by atoms with van der Waals surface area (Å²) in [4.78, 5) is 2.92. The van der Waals surface area contributed by atoms with Crippen LogP contribution in [0, 0.1) is 21.9 Å². The van der Waals surface area contributed by atoms with Gasteiger partial charge in [-0.25, -0.2) is 4.39 Å². The Kier molecular flexibility index (Phi) is 3.05. The zero-order valence-corrected chi connectivity index (χ0v) is 11.6. The van der Waals surface area contributed by atoms with Gasteiger partial charge in [0.2, 0.25) is 0 Å². The predicted molar refractivity (Wildman–Crippen MR) is 78.1 cm³/mol. The Balaban J connectivity index is 2.41. The standard InChI is InChI=1S/C14H7ClFN3S/c15-9-2-1-8(7-17)13(5-9)19-12-4-3-10(16)6-11(12)18-14(19)20/h1-6H,(H,18,20). The van der Waals surface area contributed by atoms with Crippen molar-refractivity contribution in [3.8, 4) is 11.8 Å². The first-order valence-electron chi connectivity index (χ1n) is 5.70. The van der Waals surface area contributed by atoms with Crippen LogP contribution in [0.2, 0.25) is 5.02 Å². The van der Waals surface area contributed by atoms with Crippen molar-refractivity contribution in [1.82, 2.24) is 9.55 Å². The molecule has 0 fully saturated rings. The predicted octanol–water partition coefficient (Wildman–Crippen LogP) is 4.35. The topological polar surface area (TPSA) is 44.5 Å². The fourth-order valence-electron chi connectivity index (χ4n) is 2.11. The van der Waals surface area contributed by atoms with E-state index in [1.165, 1.54) is 12.1 Å². The van der Waals surface area contributed by atoms with Crippen LogP contribution in [0.1, 0.15) is 5.56 Å². The third-order valence-electron chi connectivity index (χ3n) is 2.97. The van der Waals surface area contributed by atoms with Gasteiger partial charge in [0.15, 0.2) is 4.77 Å². The van der Waals surface area contributed by atoms with Crippen LogP contribution in [0.4, 0.5) is 4.39 Å². The number of rotatable bonds is 1. The van der Waals surface area contributed by atoms with Crippen molar-refractivity contribution in [2.45, 2.75) is 0 Å². The van der Waals surface area contributed by atoms with E-state index in [4.69, 9.17) is 23.8 Å². The van der Waals surface area contributed by atoms with Gasteiger partial charge in [-0.1, -0.05) is 11.6 Å². The number of hydrogen-bond acceptors (Lipinski definition) is 2. The van der Waals surface area contributed by atoms with E-state index >= 15 is 0 Å². The lowest BCUT2D eigenvalue weighted by Gasteiger charge is -2.07. The summed E-state index contributed by atoms with van der Waals surface area (Å²) in [6, 6.07) is 11.3. The zero-order chi connectivity index (χ0) is 14.3. The summed E-state index contributed by atoms with van der Waals surface area (Å²) in [5.74, 6) is -0.354. The smallest absolute Gasteiger partial charge is 0.182 e. The molecular formula is C14H7ClFN3S. The molecule has 98 valence electrons. The average Bonchev–Trinajstić information content (AvgIpc) is 2.73. The summed E-state index contributed by atoms with van der Waals surface area (Å²) >= 11 is 11.3. The molecule has 0 unspecified atom stereocenters. The molecule has 3 rings (SSSR count). The molecule has 0 atom stereocenters. The molecule has 20 heavy (non-hydrogen) atoms. The quantitative estimate of drug-likeness (QED) is 0.679. The third-order valence-corrected chi connectivity index (χ3v) is 3.49. The van der Waals surface area contributed by atoms with E-state index in [9.17, 15) is 9.65 Å². The minimum Gasteiger partial charge on any atom is -0.330 e. The average molecular weight is 304 g/mol. The minimum absolute atomic E-state index is 0.354. The lowest BCUT2D eigenvalue weighted by molar-refractivity contribution is 0.629. The number of halogens is 2. The number of imidazole rings is 1. The van der Waals surface area contributed by atoms with Crippen LogP contribution in [0.3, 0.4) is 0 Å². The van der Waals surface area contributed by atoms with E-state index < -0.39 is 0 Å². The summed E-state index contributed by atoms with van der Waals surface area (Å²) in [6.45, 7) is 0. The monoisotopic (exact) mass is 303 g/mol. The minimum atomic E-state index is -0.354. The molecule has 3 nitrogen and oxygen atoms in total. The molecule has 6 heteroatoms. The van der Waals surface area contributed by atoms with Gasteiger partial charge in [0.1, 0.15) is 11.9 Å². The van der Waals surface area contributed by atoms with Gasteiger partial charge < -0.3 is 4.98 Å². The number of nitriles is 1. The van der Waals surface area contributed by atoms with Gasteiger partial charge in [-0.05, 0) is 48.6 Å². The number of hydrogen-bond donors (Lipinski definition) is 1. The van der Waals surface area contributed by atoms with Gasteiger partial charge in [0.25, 0.3) is 0 Å². The molecule has 0 saturated carbocycles. The molecule has 1 heterocycles. The number of nitrogens with zero attached hydrogens (tertiary/aromatic N) is 2. The molecule has 2 aromatic carbocycles. The van der Waals surface area contributed by atoms with Crippen LogP contribution in [-0.2, 0) is 0 Å². The Morgan fingerprint density at radius 3 is 2.80 bits per heavy atom. The summed E-state index contributed by atoms with van der Waals surface area (Å²) in [6.07, 6.45) is 0. The fourth-order valence-corrected chi connectivity index (χ4v) is 2.58. The van der Waals surface area contributed by atoms with Crippen molar-refractivity contribution < 1.29 is 4.39 Å². The number of nitrogens with one attached hydrogen (secondary N) is 1. The van der Waals surface area contributed by atoms with E-state index in [2.05, 4.69) is 11.1 Å². The number of H-pyrrole nitrogens is 1. The number of fused-ring (bicyclic) bond motifs is 1. The van der Waals surface area contributed by atoms with Crippen LogP contribution in [0.5, 0.6) is 0 Å². The highest BCUT2D eigenvalue weighted by molar-refractivity contribution is 7.71. The highest BCUT2D eigenvalue weighted by Crippen LogP contribution is 2.25. The molecular weight excluding hydrogens is 297 g/mol. The van der Waals surface area contributed by atoms with E-state index in [1.54, 1.807) is 28.8 Å². The normalized spacial score (nSPS) is 10.7. The highest BCUT2D eigenvalue weighted by atomic mass is 35.5. The Bertz CT molecular complexity index is 920. The Labute approximate surface area is 123 Å². The van der Waals surface area contributed by atoms with Crippen LogP contribution in [-0.4, -0.2) is 9.55 Å². The van der Waals surface area contributed by atoms with Crippen LogP contribution >= 0.6 is 23.8 Å². The van der Waals surface area contributed by atoms with E-state index in [-0.39, 0.29) is 5.82 Å². The highest BCUT2D eigenvalue weighted by Gasteiger charge is 2.11. The maximum absolute atomic E-state index is 13.3. The maximum Gasteiger partial charge on any atom is 0.182 e. The molecule has 1 aromatic heterocycles. The molecule has 0 aliphatic carbocycles. The molecule has 0 saturated heterocycles. The van der Waals surface area contributed by atoms with Gasteiger partial charge in [-0.2, -0.15) is 5.26 Å². The van der Waals surface area contributed by atoms with Crippen molar-refractivity contribution in [3.05, 3.63) is 57.6 Å². The summed E-state index contributed by atoms with van der Waals surface area (Å²) in [5, 5.41) is 9.70. The molecule has 1 N–H and O–H groups in total. The van der Waals surface area contributed by atoms with E-state index in [0.717, 1.165) is 0 Å². The second-order valence-corrected chi connectivity index (χ2v) is 5.02. The zero-order valence-electron chi connectivity index (χ0n) is 10.0. The Morgan fingerprint density at radius 2 is 2.05 bits per heavy atom. The second-order valence-electron chi connectivity index (χ2n) is 4.20. The fraction of sp³-hybridized carbons (Fsp3) is 0. The van der Waals surface area contributed by atoms with Crippen LogP contribution in [0.15, 0.2) is 36.4 Å². The van der Waals surface area contributed by atoms with Gasteiger partial charge in [-0.15, -0.1) is 0 Å². The maximum atomic E-state index is 13.3. The molecule has 0 amide bonds.